The highest BCUT2D eigenvalue weighted by Crippen LogP contribution is 2.38. The van der Waals surface area contributed by atoms with Gasteiger partial charge in [-0.3, -0.25) is 4.79 Å². The van der Waals surface area contributed by atoms with E-state index in [0.717, 1.165) is 12.8 Å². The molecule has 1 saturated carbocycles. The van der Waals surface area contributed by atoms with Gasteiger partial charge in [-0.1, -0.05) is 0 Å². The van der Waals surface area contributed by atoms with Gasteiger partial charge < -0.3 is 14.6 Å². The minimum absolute atomic E-state index is 0. The van der Waals surface area contributed by atoms with Crippen LogP contribution < -0.4 is 10.3 Å². The zero-order valence-corrected chi connectivity index (χ0v) is 14.4. The number of carboxylic acid groups (broad SMARTS) is 1. The lowest BCUT2D eigenvalue weighted by Gasteiger charge is -2.23. The molecule has 0 spiro atoms. The number of hydrogen-bond donors (Lipinski definition) is 1. The normalized spacial score (nSPS) is 13.6. The monoisotopic (exact) mass is 354 g/mol. The second kappa shape index (κ2) is 6.81. The number of rotatable bonds is 5. The van der Waals surface area contributed by atoms with Gasteiger partial charge in [0.15, 0.2) is 0 Å². The zero-order valence-electron chi connectivity index (χ0n) is 13.6. The first-order chi connectivity index (χ1) is 11.0. The van der Waals surface area contributed by atoms with Crippen molar-refractivity contribution in [2.75, 3.05) is 18.0 Å². The molecule has 1 fully saturated rings. The van der Waals surface area contributed by atoms with E-state index in [9.17, 15) is 19.1 Å². The van der Waals surface area contributed by atoms with Crippen molar-refractivity contribution in [2.45, 2.75) is 32.7 Å². The fraction of sp³-hybridized carbons (Fsp3) is 0.412. The number of anilines is 1. The summed E-state index contributed by atoms with van der Waals surface area (Å²) in [5, 5.41) is 9.35. The van der Waals surface area contributed by atoms with Crippen LogP contribution in [0.1, 0.15) is 43.1 Å². The molecule has 2 aromatic rings. The van der Waals surface area contributed by atoms with Crippen LogP contribution in [0.25, 0.3) is 10.9 Å². The molecule has 1 heterocycles. The molecule has 1 aromatic carbocycles. The maximum absolute atomic E-state index is 14.5. The van der Waals surface area contributed by atoms with Crippen molar-refractivity contribution in [1.29, 1.82) is 0 Å². The minimum atomic E-state index is -1.28. The number of pyridine rings is 1. The molecule has 3 rings (SSSR count). The third-order valence-corrected chi connectivity index (χ3v) is 4.38. The highest BCUT2D eigenvalue weighted by Gasteiger charge is 2.27. The Hall–Kier alpha value is -2.08. The molecule has 5 nitrogen and oxygen atoms in total. The predicted octanol–water partition coefficient (Wildman–Crippen LogP) is 3.44. The summed E-state index contributed by atoms with van der Waals surface area (Å²) in [4.78, 5) is 25.5. The van der Waals surface area contributed by atoms with E-state index in [1.165, 1.54) is 12.3 Å². The Morgan fingerprint density at radius 1 is 1.33 bits per heavy atom. The van der Waals surface area contributed by atoms with Gasteiger partial charge in [-0.05, 0) is 38.8 Å². The van der Waals surface area contributed by atoms with Gasteiger partial charge in [0.25, 0.3) is 0 Å². The fourth-order valence-electron chi connectivity index (χ4n) is 2.97. The zero-order chi connectivity index (χ0) is 16.7. The van der Waals surface area contributed by atoms with E-state index >= 15 is 0 Å². The SMILES string of the molecule is CCN(CC)c1cc2c(cc1F)c(=O)c(C(=O)O)cn2C1CC1.Cl. The highest BCUT2D eigenvalue weighted by atomic mass is 35.5. The quantitative estimate of drug-likeness (QED) is 0.893. The van der Waals surface area contributed by atoms with E-state index in [-0.39, 0.29) is 29.4 Å². The summed E-state index contributed by atoms with van der Waals surface area (Å²) in [6.07, 6.45) is 3.28. The molecule has 24 heavy (non-hydrogen) atoms. The maximum Gasteiger partial charge on any atom is 0.341 e. The number of aromatic nitrogens is 1. The van der Waals surface area contributed by atoms with Crippen LogP contribution in [-0.2, 0) is 0 Å². The van der Waals surface area contributed by atoms with Crippen molar-refractivity contribution < 1.29 is 14.3 Å². The van der Waals surface area contributed by atoms with Crippen molar-refractivity contribution in [2.24, 2.45) is 0 Å². The minimum Gasteiger partial charge on any atom is -0.477 e. The molecule has 1 N–H and O–H groups in total. The predicted molar refractivity (Wildman–Crippen MR) is 94.2 cm³/mol. The molecule has 1 aliphatic rings. The third-order valence-electron chi connectivity index (χ3n) is 4.38. The first-order valence-electron chi connectivity index (χ1n) is 7.84. The second-order valence-corrected chi connectivity index (χ2v) is 5.81. The van der Waals surface area contributed by atoms with Gasteiger partial charge in [0, 0.05) is 30.7 Å². The average Bonchev–Trinajstić information content (AvgIpc) is 3.34. The van der Waals surface area contributed by atoms with Crippen LogP contribution in [0, 0.1) is 5.82 Å². The van der Waals surface area contributed by atoms with Crippen LogP contribution in [-0.4, -0.2) is 28.7 Å². The average molecular weight is 355 g/mol. The van der Waals surface area contributed by atoms with Crippen LogP contribution in [0.4, 0.5) is 10.1 Å². The first-order valence-corrected chi connectivity index (χ1v) is 7.84. The molecule has 130 valence electrons. The molecule has 1 aliphatic carbocycles. The number of carbonyl (C=O) groups is 1. The summed E-state index contributed by atoms with van der Waals surface area (Å²) in [5.74, 6) is -1.78. The molecule has 0 unspecified atom stereocenters. The summed E-state index contributed by atoms with van der Waals surface area (Å²) in [6, 6.07) is 3.03. The fourth-order valence-corrected chi connectivity index (χ4v) is 2.97. The number of benzene rings is 1. The van der Waals surface area contributed by atoms with Crippen LogP contribution in [0.5, 0.6) is 0 Å². The van der Waals surface area contributed by atoms with E-state index in [1.54, 1.807) is 6.07 Å². The Labute approximate surface area is 145 Å². The number of fused-ring (bicyclic) bond motifs is 1. The molecular weight excluding hydrogens is 335 g/mol. The molecule has 1 aromatic heterocycles. The molecule has 0 radical (unpaired) electrons. The molecule has 7 heteroatoms. The van der Waals surface area contributed by atoms with Crippen LogP contribution in [0.15, 0.2) is 23.1 Å². The van der Waals surface area contributed by atoms with Gasteiger partial charge in [-0.15, -0.1) is 12.4 Å². The van der Waals surface area contributed by atoms with Crippen molar-refractivity contribution in [3.63, 3.8) is 0 Å². The summed E-state index contributed by atoms with van der Waals surface area (Å²) in [7, 11) is 0. The lowest BCUT2D eigenvalue weighted by molar-refractivity contribution is 0.0695. The molecular formula is C17H20ClFN2O3. The number of aromatic carboxylic acids is 1. The van der Waals surface area contributed by atoms with Crippen LogP contribution in [0.3, 0.4) is 0 Å². The number of nitrogens with zero attached hydrogens (tertiary/aromatic N) is 2. The van der Waals surface area contributed by atoms with E-state index in [2.05, 4.69) is 0 Å². The summed E-state index contributed by atoms with van der Waals surface area (Å²) in [5.41, 5.74) is 0.110. The lowest BCUT2D eigenvalue weighted by atomic mass is 10.1. The van der Waals surface area contributed by atoms with Crippen molar-refractivity contribution in [3.8, 4) is 0 Å². The molecule has 0 saturated heterocycles. The number of halogens is 2. The Bertz CT molecular complexity index is 842. The first kappa shape index (κ1) is 18.3. The van der Waals surface area contributed by atoms with E-state index in [1.807, 2.05) is 23.3 Å². The van der Waals surface area contributed by atoms with Crippen molar-refractivity contribution in [1.82, 2.24) is 4.57 Å². The number of hydrogen-bond acceptors (Lipinski definition) is 3. The van der Waals surface area contributed by atoms with Gasteiger partial charge in [-0.25, -0.2) is 9.18 Å². The maximum atomic E-state index is 14.5. The van der Waals surface area contributed by atoms with Gasteiger partial charge >= 0.3 is 5.97 Å². The standard InChI is InChI=1S/C17H19FN2O3.ClH/c1-3-19(4-2)15-8-14-11(7-13(15)18)16(21)12(17(22)23)9-20(14)10-5-6-10;/h7-10H,3-6H2,1-2H3,(H,22,23);1H. The Morgan fingerprint density at radius 2 is 1.96 bits per heavy atom. The molecule has 0 atom stereocenters. The number of carboxylic acids is 1. The Kier molecular flexibility index (Phi) is 5.18. The highest BCUT2D eigenvalue weighted by molar-refractivity contribution is 5.93. The van der Waals surface area contributed by atoms with Crippen LogP contribution in [0.2, 0.25) is 0 Å². The Balaban J connectivity index is 0.00000208. The van der Waals surface area contributed by atoms with E-state index < -0.39 is 17.2 Å². The van der Waals surface area contributed by atoms with Gasteiger partial charge in [0.2, 0.25) is 5.43 Å². The molecule has 0 aliphatic heterocycles. The van der Waals surface area contributed by atoms with Gasteiger partial charge in [0.05, 0.1) is 11.2 Å². The lowest BCUT2D eigenvalue weighted by Crippen LogP contribution is -2.24. The third kappa shape index (κ3) is 2.98. The smallest absolute Gasteiger partial charge is 0.341 e. The largest absolute Gasteiger partial charge is 0.477 e. The summed E-state index contributed by atoms with van der Waals surface area (Å²) < 4.78 is 16.3. The van der Waals surface area contributed by atoms with Gasteiger partial charge in [-0.2, -0.15) is 0 Å². The molecule has 0 bridgehead atoms. The molecule has 0 amide bonds. The van der Waals surface area contributed by atoms with Gasteiger partial charge in [0.1, 0.15) is 11.4 Å². The van der Waals surface area contributed by atoms with E-state index in [4.69, 9.17) is 0 Å². The van der Waals surface area contributed by atoms with Crippen molar-refractivity contribution in [3.05, 3.63) is 39.9 Å². The van der Waals surface area contributed by atoms with E-state index in [0.29, 0.717) is 24.3 Å². The van der Waals surface area contributed by atoms with Crippen molar-refractivity contribution >= 4 is 35.0 Å². The second-order valence-electron chi connectivity index (χ2n) is 5.81. The summed E-state index contributed by atoms with van der Waals surface area (Å²) in [6.45, 7) is 5.18. The topological polar surface area (TPSA) is 62.5 Å². The van der Waals surface area contributed by atoms with Crippen LogP contribution >= 0.6 is 12.4 Å². The Morgan fingerprint density at radius 3 is 2.46 bits per heavy atom. The summed E-state index contributed by atoms with van der Waals surface area (Å²) >= 11 is 0.